The minimum absolute atomic E-state index is 0.0574. The number of fused-ring (bicyclic) bond motifs is 1. The van der Waals surface area contributed by atoms with Crippen LogP contribution in [0.15, 0.2) is 47.7 Å². The Hall–Kier alpha value is -2.60. The first-order valence-electron chi connectivity index (χ1n) is 8.71. The molecule has 2 aromatic heterocycles. The second-order valence-electron chi connectivity index (χ2n) is 6.61. The second kappa shape index (κ2) is 6.72. The number of nitrogens with one attached hydrogen (secondary N) is 1. The lowest BCUT2D eigenvalue weighted by atomic mass is 9.93. The molecule has 6 heteroatoms. The van der Waals surface area contributed by atoms with Crippen LogP contribution >= 0.6 is 0 Å². The maximum absolute atomic E-state index is 12.3. The second-order valence-corrected chi connectivity index (χ2v) is 6.61. The summed E-state index contributed by atoms with van der Waals surface area (Å²) >= 11 is 0. The monoisotopic (exact) mass is 335 g/mol. The number of likely N-dealkylation sites (tertiary alicyclic amines) is 1. The third kappa shape index (κ3) is 3.17. The molecule has 0 spiro atoms. The largest absolute Gasteiger partial charge is 0.309 e. The Bertz CT molecular complexity index is 924. The SMILES string of the molecule is C[C@H](c1nc2ccccc2c(=O)[nH]1)N1CCC[C@H](c2ccncn2)C1. The van der Waals surface area contributed by atoms with E-state index in [-0.39, 0.29) is 11.6 Å². The molecule has 0 saturated carbocycles. The third-order valence-corrected chi connectivity index (χ3v) is 5.05. The molecule has 1 N–H and O–H groups in total. The Morgan fingerprint density at radius 2 is 2.16 bits per heavy atom. The molecule has 1 aromatic carbocycles. The van der Waals surface area contributed by atoms with Crippen LogP contribution < -0.4 is 5.56 Å². The van der Waals surface area contributed by atoms with Crippen molar-refractivity contribution in [3.05, 3.63) is 64.7 Å². The van der Waals surface area contributed by atoms with Crippen LogP contribution in [0, 0.1) is 0 Å². The highest BCUT2D eigenvalue weighted by molar-refractivity contribution is 5.77. The van der Waals surface area contributed by atoms with Crippen LogP contribution in [0.4, 0.5) is 0 Å². The number of benzene rings is 1. The van der Waals surface area contributed by atoms with E-state index < -0.39 is 0 Å². The van der Waals surface area contributed by atoms with Crippen molar-refractivity contribution in [2.45, 2.75) is 31.7 Å². The summed E-state index contributed by atoms with van der Waals surface area (Å²) < 4.78 is 0. The molecule has 2 atom stereocenters. The molecule has 0 bridgehead atoms. The van der Waals surface area contributed by atoms with Crippen molar-refractivity contribution in [3.63, 3.8) is 0 Å². The van der Waals surface area contributed by atoms with Gasteiger partial charge in [0.15, 0.2) is 0 Å². The summed E-state index contributed by atoms with van der Waals surface area (Å²) in [6, 6.07) is 9.52. The number of aromatic nitrogens is 4. The predicted molar refractivity (Wildman–Crippen MR) is 96.4 cm³/mol. The molecule has 3 aromatic rings. The predicted octanol–water partition coefficient (Wildman–Crippen LogP) is 2.65. The molecule has 1 aliphatic rings. The third-order valence-electron chi connectivity index (χ3n) is 5.05. The van der Waals surface area contributed by atoms with Gasteiger partial charge in [-0.25, -0.2) is 15.0 Å². The minimum Gasteiger partial charge on any atom is -0.309 e. The quantitative estimate of drug-likeness (QED) is 0.796. The van der Waals surface area contributed by atoms with Crippen molar-refractivity contribution < 1.29 is 0 Å². The number of aromatic amines is 1. The van der Waals surface area contributed by atoms with E-state index in [1.54, 1.807) is 12.5 Å². The highest BCUT2D eigenvalue weighted by Crippen LogP contribution is 2.30. The molecule has 1 fully saturated rings. The van der Waals surface area contributed by atoms with Crippen molar-refractivity contribution >= 4 is 10.9 Å². The van der Waals surface area contributed by atoms with Gasteiger partial charge in [0.1, 0.15) is 12.2 Å². The fourth-order valence-corrected chi connectivity index (χ4v) is 3.62. The first-order chi connectivity index (χ1) is 12.2. The molecule has 25 heavy (non-hydrogen) atoms. The Morgan fingerprint density at radius 1 is 1.28 bits per heavy atom. The maximum Gasteiger partial charge on any atom is 0.258 e. The van der Waals surface area contributed by atoms with E-state index in [9.17, 15) is 4.79 Å². The number of rotatable bonds is 3. The molecule has 6 nitrogen and oxygen atoms in total. The van der Waals surface area contributed by atoms with E-state index in [0.29, 0.717) is 11.3 Å². The van der Waals surface area contributed by atoms with Gasteiger partial charge in [-0.2, -0.15) is 0 Å². The van der Waals surface area contributed by atoms with Crippen molar-refractivity contribution in [3.8, 4) is 0 Å². The van der Waals surface area contributed by atoms with Gasteiger partial charge in [0.25, 0.3) is 5.56 Å². The summed E-state index contributed by atoms with van der Waals surface area (Å²) in [5, 5.41) is 0.635. The van der Waals surface area contributed by atoms with E-state index in [4.69, 9.17) is 0 Å². The summed E-state index contributed by atoms with van der Waals surface area (Å²) in [6.07, 6.45) is 5.64. The molecule has 1 aliphatic heterocycles. The van der Waals surface area contributed by atoms with Crippen LogP contribution in [0.3, 0.4) is 0 Å². The van der Waals surface area contributed by atoms with Crippen LogP contribution in [0.5, 0.6) is 0 Å². The molecule has 3 heterocycles. The van der Waals surface area contributed by atoms with Crippen molar-refractivity contribution in [1.29, 1.82) is 0 Å². The summed E-state index contributed by atoms with van der Waals surface area (Å²) in [6.45, 7) is 4.02. The highest BCUT2D eigenvalue weighted by atomic mass is 16.1. The lowest BCUT2D eigenvalue weighted by Gasteiger charge is -2.36. The van der Waals surface area contributed by atoms with E-state index in [1.165, 1.54) is 0 Å². The summed E-state index contributed by atoms with van der Waals surface area (Å²) in [7, 11) is 0. The fourth-order valence-electron chi connectivity index (χ4n) is 3.62. The van der Waals surface area contributed by atoms with Gasteiger partial charge in [-0.05, 0) is 44.5 Å². The van der Waals surface area contributed by atoms with Gasteiger partial charge in [0.2, 0.25) is 0 Å². The van der Waals surface area contributed by atoms with Crippen molar-refractivity contribution in [2.75, 3.05) is 13.1 Å². The lowest BCUT2D eigenvalue weighted by Crippen LogP contribution is -2.37. The minimum atomic E-state index is -0.0724. The van der Waals surface area contributed by atoms with Crippen molar-refractivity contribution in [2.24, 2.45) is 0 Å². The molecule has 1 saturated heterocycles. The molecule has 128 valence electrons. The number of hydrogen-bond acceptors (Lipinski definition) is 5. The number of hydrogen-bond donors (Lipinski definition) is 1. The summed E-state index contributed by atoms with van der Waals surface area (Å²) in [5.74, 6) is 1.12. The first kappa shape index (κ1) is 15.9. The topological polar surface area (TPSA) is 74.8 Å². The van der Waals surface area contributed by atoms with Gasteiger partial charge >= 0.3 is 0 Å². The molecule has 4 rings (SSSR count). The zero-order valence-electron chi connectivity index (χ0n) is 14.2. The van der Waals surface area contributed by atoms with Gasteiger partial charge in [-0.3, -0.25) is 9.69 Å². The summed E-state index contributed by atoms with van der Waals surface area (Å²) in [5.41, 5.74) is 1.76. The molecule has 0 amide bonds. The maximum atomic E-state index is 12.3. The van der Waals surface area contributed by atoms with Crippen LogP contribution in [0.25, 0.3) is 10.9 Å². The smallest absolute Gasteiger partial charge is 0.258 e. The number of piperidine rings is 1. The number of H-pyrrole nitrogens is 1. The van der Waals surface area contributed by atoms with Gasteiger partial charge in [-0.1, -0.05) is 12.1 Å². The number of para-hydroxylation sites is 1. The van der Waals surface area contributed by atoms with Gasteiger partial charge < -0.3 is 4.98 Å². The van der Waals surface area contributed by atoms with Gasteiger partial charge in [0.05, 0.1) is 16.9 Å². The Morgan fingerprint density at radius 3 is 3.00 bits per heavy atom. The zero-order valence-corrected chi connectivity index (χ0v) is 14.2. The van der Waals surface area contributed by atoms with Crippen LogP contribution in [-0.2, 0) is 0 Å². The summed E-state index contributed by atoms with van der Waals surface area (Å²) in [4.78, 5) is 30.8. The Balaban J connectivity index is 1.60. The Labute approximate surface area is 146 Å². The van der Waals surface area contributed by atoms with Gasteiger partial charge in [0, 0.05) is 24.4 Å². The Kier molecular flexibility index (Phi) is 4.28. The van der Waals surface area contributed by atoms with E-state index >= 15 is 0 Å². The molecule has 0 aliphatic carbocycles. The fraction of sp³-hybridized carbons (Fsp3) is 0.368. The molecular formula is C19H21N5O. The first-order valence-corrected chi connectivity index (χ1v) is 8.71. The van der Waals surface area contributed by atoms with Crippen molar-refractivity contribution in [1.82, 2.24) is 24.8 Å². The highest BCUT2D eigenvalue weighted by Gasteiger charge is 2.27. The van der Waals surface area contributed by atoms with E-state index in [2.05, 4.69) is 31.8 Å². The lowest BCUT2D eigenvalue weighted by molar-refractivity contribution is 0.151. The van der Waals surface area contributed by atoms with Crippen LogP contribution in [0.1, 0.15) is 43.2 Å². The van der Waals surface area contributed by atoms with E-state index in [1.807, 2.05) is 30.3 Å². The number of nitrogens with zero attached hydrogens (tertiary/aromatic N) is 4. The molecule has 0 unspecified atom stereocenters. The average Bonchev–Trinajstić information content (AvgIpc) is 2.68. The normalized spacial score (nSPS) is 19.8. The van der Waals surface area contributed by atoms with Gasteiger partial charge in [-0.15, -0.1) is 0 Å². The zero-order chi connectivity index (χ0) is 17.2. The average molecular weight is 335 g/mol. The standard InChI is InChI=1S/C19H21N5O/c1-13(18-22-17-7-3-2-6-15(17)19(25)23-18)24-10-4-5-14(11-24)16-8-9-20-12-21-16/h2-3,6-9,12-14H,4-5,10-11H2,1H3,(H,22,23,25)/t13-,14+/m1/s1. The van der Waals surface area contributed by atoms with E-state index in [0.717, 1.165) is 43.0 Å². The van der Waals surface area contributed by atoms with Crippen LogP contribution in [-0.4, -0.2) is 37.9 Å². The van der Waals surface area contributed by atoms with Crippen LogP contribution in [0.2, 0.25) is 0 Å². The molecular weight excluding hydrogens is 314 g/mol. The molecule has 0 radical (unpaired) electrons.